The first-order chi connectivity index (χ1) is 7.79. The van der Waals surface area contributed by atoms with Crippen LogP contribution in [0.5, 0.6) is 0 Å². The summed E-state index contributed by atoms with van der Waals surface area (Å²) in [7, 11) is 0. The van der Waals surface area contributed by atoms with Crippen molar-refractivity contribution >= 4 is 5.57 Å². The van der Waals surface area contributed by atoms with Gasteiger partial charge in [-0.25, -0.2) is 0 Å². The quantitative estimate of drug-likeness (QED) is 0.687. The topological polar surface area (TPSA) is 0 Å². The third-order valence-electron chi connectivity index (χ3n) is 2.55. The van der Waals surface area contributed by atoms with Gasteiger partial charge in [0.2, 0.25) is 0 Å². The van der Waals surface area contributed by atoms with E-state index in [0.29, 0.717) is 0 Å². The molecule has 0 bridgehead atoms. The lowest BCUT2D eigenvalue weighted by atomic mass is 9.94. The van der Waals surface area contributed by atoms with Crippen LogP contribution in [0.25, 0.3) is 5.57 Å². The summed E-state index contributed by atoms with van der Waals surface area (Å²) in [5.74, 6) is 0. The lowest BCUT2D eigenvalue weighted by Gasteiger charge is -2.10. The number of rotatable bonds is 2. The normalized spacial score (nSPS) is 9.88. The lowest BCUT2D eigenvalue weighted by molar-refractivity contribution is 1.46. The molecule has 0 N–H and O–H groups in total. The Morgan fingerprint density at radius 1 is 0.750 bits per heavy atom. The van der Waals surface area contributed by atoms with Crippen molar-refractivity contribution in [3.05, 3.63) is 84.3 Å². The van der Waals surface area contributed by atoms with Crippen LogP contribution in [0.1, 0.15) is 18.1 Å². The third kappa shape index (κ3) is 2.22. The van der Waals surface area contributed by atoms with E-state index in [-0.39, 0.29) is 0 Å². The zero-order valence-corrected chi connectivity index (χ0v) is 9.48. The van der Waals surface area contributed by atoms with Gasteiger partial charge in [-0.3, -0.25) is 0 Å². The highest BCUT2D eigenvalue weighted by molar-refractivity contribution is 5.82. The zero-order chi connectivity index (χ0) is 11.4. The van der Waals surface area contributed by atoms with Crippen LogP contribution >= 0.6 is 0 Å². The Bertz CT molecular complexity index is 432. The standard InChI is InChI=1S/C16H15/c1-13(2)16(14-9-5-3-6-10-14)15-11-7-4-8-12-15/h3-12H,1H2,2H3. The Kier molecular flexibility index (Phi) is 3.21. The summed E-state index contributed by atoms with van der Waals surface area (Å²) in [5, 5.41) is 0. The van der Waals surface area contributed by atoms with Crippen LogP contribution in [0.3, 0.4) is 0 Å². The van der Waals surface area contributed by atoms with E-state index in [1.54, 1.807) is 0 Å². The first-order valence-electron chi connectivity index (χ1n) is 5.42. The van der Waals surface area contributed by atoms with Gasteiger partial charge in [0.25, 0.3) is 0 Å². The van der Waals surface area contributed by atoms with E-state index >= 15 is 0 Å². The lowest BCUT2D eigenvalue weighted by Crippen LogP contribution is -1.89. The molecule has 0 heterocycles. The van der Waals surface area contributed by atoms with Crippen LogP contribution in [0.4, 0.5) is 0 Å². The zero-order valence-electron chi connectivity index (χ0n) is 9.48. The average molecular weight is 207 g/mol. The Morgan fingerprint density at radius 3 is 1.44 bits per heavy atom. The van der Waals surface area contributed by atoms with Crippen LogP contribution < -0.4 is 0 Å². The first kappa shape index (κ1) is 10.7. The van der Waals surface area contributed by atoms with E-state index in [0.717, 1.165) is 5.57 Å². The highest BCUT2D eigenvalue weighted by Crippen LogP contribution is 2.25. The van der Waals surface area contributed by atoms with Crippen LogP contribution in [0.15, 0.2) is 66.2 Å². The molecule has 0 heteroatoms. The van der Waals surface area contributed by atoms with Gasteiger partial charge >= 0.3 is 0 Å². The second-order valence-electron chi connectivity index (χ2n) is 3.89. The van der Waals surface area contributed by atoms with E-state index in [1.165, 1.54) is 16.7 Å². The molecule has 0 aliphatic carbocycles. The molecule has 0 aromatic heterocycles. The molecule has 0 unspecified atom stereocenters. The molecule has 0 amide bonds. The van der Waals surface area contributed by atoms with Gasteiger partial charge in [-0.15, -0.1) is 0 Å². The van der Waals surface area contributed by atoms with Crippen molar-refractivity contribution in [1.82, 2.24) is 0 Å². The van der Waals surface area contributed by atoms with Crippen molar-refractivity contribution in [2.75, 3.05) is 0 Å². The smallest absolute Gasteiger partial charge is 0.0122 e. The van der Waals surface area contributed by atoms with Crippen molar-refractivity contribution in [2.45, 2.75) is 6.92 Å². The van der Waals surface area contributed by atoms with Gasteiger partial charge in [0, 0.05) is 0 Å². The molecule has 0 nitrogen and oxygen atoms in total. The van der Waals surface area contributed by atoms with Gasteiger partial charge < -0.3 is 0 Å². The summed E-state index contributed by atoms with van der Waals surface area (Å²) in [6, 6.07) is 20.8. The van der Waals surface area contributed by atoms with Crippen molar-refractivity contribution in [1.29, 1.82) is 0 Å². The fourth-order valence-corrected chi connectivity index (χ4v) is 1.87. The van der Waals surface area contributed by atoms with E-state index in [1.807, 2.05) is 12.1 Å². The summed E-state index contributed by atoms with van der Waals surface area (Å²) in [6.45, 7) is 6.12. The number of benzene rings is 2. The van der Waals surface area contributed by atoms with Crippen molar-refractivity contribution in [3.8, 4) is 0 Å². The van der Waals surface area contributed by atoms with Crippen LogP contribution in [0, 0.1) is 6.92 Å². The van der Waals surface area contributed by atoms with Crippen molar-refractivity contribution in [2.24, 2.45) is 0 Å². The average Bonchev–Trinajstić information content (AvgIpc) is 2.31. The largest absolute Gasteiger partial charge is 0.0646 e. The fraction of sp³-hybridized carbons (Fsp3) is 0.0625. The summed E-state index contributed by atoms with van der Waals surface area (Å²) in [6.07, 6.45) is 0. The monoisotopic (exact) mass is 207 g/mol. The molecule has 0 spiro atoms. The molecular weight excluding hydrogens is 192 g/mol. The Hall–Kier alpha value is -1.82. The highest BCUT2D eigenvalue weighted by Gasteiger charge is 2.05. The van der Waals surface area contributed by atoms with Gasteiger partial charge in [0.1, 0.15) is 0 Å². The van der Waals surface area contributed by atoms with Gasteiger partial charge in [-0.2, -0.15) is 0 Å². The highest BCUT2D eigenvalue weighted by atomic mass is 14.1. The van der Waals surface area contributed by atoms with E-state index in [2.05, 4.69) is 62.4 Å². The van der Waals surface area contributed by atoms with Gasteiger partial charge in [0.15, 0.2) is 0 Å². The summed E-state index contributed by atoms with van der Waals surface area (Å²) >= 11 is 0. The van der Waals surface area contributed by atoms with Gasteiger partial charge in [-0.1, -0.05) is 66.2 Å². The maximum absolute atomic E-state index is 4.07. The predicted octanol–water partition coefficient (Wildman–Crippen LogP) is 4.34. The minimum atomic E-state index is 1.09. The summed E-state index contributed by atoms with van der Waals surface area (Å²) < 4.78 is 0. The van der Waals surface area contributed by atoms with Crippen LogP contribution in [-0.2, 0) is 0 Å². The minimum absolute atomic E-state index is 1.09. The molecule has 0 aliphatic heterocycles. The molecule has 16 heavy (non-hydrogen) atoms. The van der Waals surface area contributed by atoms with Crippen LogP contribution in [0.2, 0.25) is 0 Å². The molecule has 79 valence electrons. The van der Waals surface area contributed by atoms with E-state index in [9.17, 15) is 0 Å². The predicted molar refractivity (Wildman–Crippen MR) is 69.9 cm³/mol. The SMILES string of the molecule is [CH2]C(C)=C(c1ccccc1)c1ccccc1. The second-order valence-corrected chi connectivity index (χ2v) is 3.89. The Balaban J connectivity index is 2.54. The number of hydrogen-bond acceptors (Lipinski definition) is 0. The van der Waals surface area contributed by atoms with Crippen molar-refractivity contribution < 1.29 is 0 Å². The van der Waals surface area contributed by atoms with E-state index < -0.39 is 0 Å². The first-order valence-corrected chi connectivity index (χ1v) is 5.42. The molecule has 2 aromatic carbocycles. The Morgan fingerprint density at radius 2 is 1.12 bits per heavy atom. The molecular formula is C16H15. The molecule has 0 atom stereocenters. The van der Waals surface area contributed by atoms with Crippen LogP contribution in [-0.4, -0.2) is 0 Å². The number of allylic oxidation sites excluding steroid dienone is 1. The summed E-state index contributed by atoms with van der Waals surface area (Å²) in [4.78, 5) is 0. The molecule has 0 saturated heterocycles. The minimum Gasteiger partial charge on any atom is -0.0646 e. The maximum atomic E-state index is 4.07. The third-order valence-corrected chi connectivity index (χ3v) is 2.55. The summed E-state index contributed by atoms with van der Waals surface area (Å²) in [5.41, 5.74) is 4.76. The van der Waals surface area contributed by atoms with E-state index in [4.69, 9.17) is 0 Å². The maximum Gasteiger partial charge on any atom is -0.0122 e. The molecule has 0 saturated carbocycles. The van der Waals surface area contributed by atoms with Gasteiger partial charge in [0.05, 0.1) is 0 Å². The molecule has 2 aromatic rings. The van der Waals surface area contributed by atoms with Gasteiger partial charge in [-0.05, 0) is 30.5 Å². The number of hydrogen-bond donors (Lipinski definition) is 0. The molecule has 2 rings (SSSR count). The Labute approximate surface area is 97.3 Å². The molecule has 0 aliphatic rings. The molecule has 1 radical (unpaired) electrons. The molecule has 0 fully saturated rings. The van der Waals surface area contributed by atoms with Crippen molar-refractivity contribution in [3.63, 3.8) is 0 Å². The second kappa shape index (κ2) is 4.80. The fourth-order valence-electron chi connectivity index (χ4n) is 1.87.